The van der Waals surface area contributed by atoms with Gasteiger partial charge in [0.05, 0.1) is 22.4 Å². The zero-order valence-electron chi connectivity index (χ0n) is 9.61. The van der Waals surface area contributed by atoms with E-state index in [9.17, 15) is 4.39 Å². The Hall–Kier alpha value is -1.20. The maximum absolute atomic E-state index is 13.8. The van der Waals surface area contributed by atoms with E-state index in [2.05, 4.69) is 21.0 Å². The molecule has 0 spiro atoms. The lowest BCUT2D eigenvalue weighted by atomic mass is 10.0. The molecule has 0 saturated heterocycles. The Morgan fingerprint density at radius 1 is 1.47 bits per heavy atom. The van der Waals surface area contributed by atoms with Crippen LogP contribution < -0.4 is 5.73 Å². The zero-order chi connectivity index (χ0) is 12.6. The summed E-state index contributed by atoms with van der Waals surface area (Å²) in [5.74, 6) is -0.286. The lowest BCUT2D eigenvalue weighted by Gasteiger charge is -2.14. The van der Waals surface area contributed by atoms with Crippen molar-refractivity contribution in [3.05, 3.63) is 51.5 Å². The largest absolute Gasteiger partial charge is 0.319 e. The Morgan fingerprint density at radius 3 is 2.71 bits per heavy atom. The van der Waals surface area contributed by atoms with Gasteiger partial charge < -0.3 is 5.73 Å². The topological polar surface area (TPSA) is 43.8 Å². The number of nitrogens with zero attached hydrogens (tertiary/aromatic N) is 2. The van der Waals surface area contributed by atoms with Gasteiger partial charge in [-0.1, -0.05) is 12.1 Å². The molecule has 3 nitrogen and oxygen atoms in total. The molecule has 0 fully saturated rings. The van der Waals surface area contributed by atoms with Crippen LogP contribution in [0.2, 0.25) is 0 Å². The molecule has 2 rings (SSSR count). The molecule has 5 heteroatoms. The summed E-state index contributed by atoms with van der Waals surface area (Å²) < 4.78 is 16.3. The van der Waals surface area contributed by atoms with Crippen molar-refractivity contribution in [2.75, 3.05) is 0 Å². The Kier molecular flexibility index (Phi) is 3.31. The van der Waals surface area contributed by atoms with Gasteiger partial charge in [-0.3, -0.25) is 4.68 Å². The van der Waals surface area contributed by atoms with Gasteiger partial charge in [-0.2, -0.15) is 5.10 Å². The minimum atomic E-state index is -0.530. The van der Waals surface area contributed by atoms with Crippen molar-refractivity contribution < 1.29 is 4.39 Å². The predicted octanol–water partition coefficient (Wildman–Crippen LogP) is 2.68. The normalized spacial score (nSPS) is 12.8. The maximum Gasteiger partial charge on any atom is 0.128 e. The van der Waals surface area contributed by atoms with Gasteiger partial charge >= 0.3 is 0 Å². The van der Waals surface area contributed by atoms with E-state index in [0.29, 0.717) is 5.56 Å². The van der Waals surface area contributed by atoms with E-state index < -0.39 is 6.04 Å². The smallest absolute Gasteiger partial charge is 0.128 e. The van der Waals surface area contributed by atoms with Crippen LogP contribution in [-0.4, -0.2) is 9.78 Å². The molecule has 0 bridgehead atoms. The third-order valence-corrected chi connectivity index (χ3v) is 3.33. The Bertz CT molecular complexity index is 531. The molecule has 0 radical (unpaired) electrons. The van der Waals surface area contributed by atoms with Crippen molar-refractivity contribution in [1.82, 2.24) is 9.78 Å². The number of rotatable bonds is 2. The molecule has 0 aliphatic rings. The monoisotopic (exact) mass is 297 g/mol. The molecule has 1 unspecified atom stereocenters. The highest BCUT2D eigenvalue weighted by Crippen LogP contribution is 2.27. The van der Waals surface area contributed by atoms with E-state index in [0.717, 1.165) is 15.7 Å². The van der Waals surface area contributed by atoms with Crippen LogP contribution in [-0.2, 0) is 7.05 Å². The van der Waals surface area contributed by atoms with Gasteiger partial charge in [0, 0.05) is 12.6 Å². The molecule has 2 aromatic rings. The van der Waals surface area contributed by atoms with Crippen LogP contribution in [0.25, 0.3) is 0 Å². The van der Waals surface area contributed by atoms with E-state index in [1.54, 1.807) is 24.0 Å². The second kappa shape index (κ2) is 4.58. The Labute approximate surface area is 108 Å². The van der Waals surface area contributed by atoms with Gasteiger partial charge in [-0.25, -0.2) is 4.39 Å². The van der Waals surface area contributed by atoms with Crippen molar-refractivity contribution in [2.24, 2.45) is 12.8 Å². The van der Waals surface area contributed by atoms with Crippen molar-refractivity contribution in [1.29, 1.82) is 0 Å². The molecule has 0 saturated carbocycles. The van der Waals surface area contributed by atoms with Crippen molar-refractivity contribution in [3.63, 3.8) is 0 Å². The van der Waals surface area contributed by atoms with Gasteiger partial charge in [-0.15, -0.1) is 0 Å². The van der Waals surface area contributed by atoms with Crippen LogP contribution in [0.3, 0.4) is 0 Å². The summed E-state index contributed by atoms with van der Waals surface area (Å²) in [6.07, 6.45) is 1.65. The summed E-state index contributed by atoms with van der Waals surface area (Å²) in [4.78, 5) is 0. The molecular formula is C12H13BrFN3. The minimum absolute atomic E-state index is 0.286. The fourth-order valence-electron chi connectivity index (χ4n) is 1.80. The van der Waals surface area contributed by atoms with Crippen LogP contribution >= 0.6 is 15.9 Å². The summed E-state index contributed by atoms with van der Waals surface area (Å²) in [6, 6.07) is 4.52. The molecule has 1 aromatic carbocycles. The van der Waals surface area contributed by atoms with Crippen LogP contribution in [0.1, 0.15) is 22.9 Å². The zero-order valence-corrected chi connectivity index (χ0v) is 11.2. The number of hydrogen-bond donors (Lipinski definition) is 1. The second-order valence-electron chi connectivity index (χ2n) is 4.00. The van der Waals surface area contributed by atoms with Gasteiger partial charge in [0.25, 0.3) is 0 Å². The maximum atomic E-state index is 13.8. The summed E-state index contributed by atoms with van der Waals surface area (Å²) in [7, 11) is 1.78. The molecule has 0 aliphatic heterocycles. The average Bonchev–Trinajstić information content (AvgIpc) is 2.58. The van der Waals surface area contributed by atoms with E-state index in [4.69, 9.17) is 5.73 Å². The Morgan fingerprint density at radius 2 is 2.18 bits per heavy atom. The van der Waals surface area contributed by atoms with Crippen LogP contribution in [0.15, 0.2) is 28.9 Å². The first-order valence-electron chi connectivity index (χ1n) is 5.19. The Balaban J connectivity index is 2.47. The third kappa shape index (κ3) is 2.25. The van der Waals surface area contributed by atoms with Gasteiger partial charge in [0.2, 0.25) is 0 Å². The van der Waals surface area contributed by atoms with E-state index >= 15 is 0 Å². The van der Waals surface area contributed by atoms with Gasteiger partial charge in [0.15, 0.2) is 0 Å². The number of halogens is 2. The molecule has 1 aromatic heterocycles. The van der Waals surface area contributed by atoms with Crippen molar-refractivity contribution in [3.8, 4) is 0 Å². The molecule has 90 valence electrons. The molecule has 1 heterocycles. The van der Waals surface area contributed by atoms with Crippen LogP contribution in [0, 0.1) is 12.7 Å². The molecule has 17 heavy (non-hydrogen) atoms. The number of aryl methyl sites for hydroxylation is 2. The van der Waals surface area contributed by atoms with E-state index in [-0.39, 0.29) is 5.82 Å². The first-order chi connectivity index (χ1) is 8.00. The molecule has 2 N–H and O–H groups in total. The minimum Gasteiger partial charge on any atom is -0.319 e. The first kappa shape index (κ1) is 12.3. The molecule has 0 amide bonds. The number of aromatic nitrogens is 2. The fourth-order valence-corrected chi connectivity index (χ4v) is 2.40. The highest BCUT2D eigenvalue weighted by molar-refractivity contribution is 9.10. The van der Waals surface area contributed by atoms with E-state index in [1.165, 1.54) is 6.07 Å². The highest BCUT2D eigenvalue weighted by atomic mass is 79.9. The highest BCUT2D eigenvalue weighted by Gasteiger charge is 2.19. The summed E-state index contributed by atoms with van der Waals surface area (Å²) in [6.45, 7) is 1.85. The van der Waals surface area contributed by atoms with Crippen LogP contribution in [0.5, 0.6) is 0 Å². The molecule has 1 atom stereocenters. The van der Waals surface area contributed by atoms with E-state index in [1.807, 2.05) is 13.0 Å². The average molecular weight is 298 g/mol. The number of benzene rings is 1. The third-order valence-electron chi connectivity index (χ3n) is 2.72. The summed E-state index contributed by atoms with van der Waals surface area (Å²) in [5.41, 5.74) is 8.19. The molecule has 0 aliphatic carbocycles. The second-order valence-corrected chi connectivity index (χ2v) is 4.86. The summed E-state index contributed by atoms with van der Waals surface area (Å²) in [5, 5.41) is 4.08. The van der Waals surface area contributed by atoms with Gasteiger partial charge in [-0.05, 0) is 34.5 Å². The quantitative estimate of drug-likeness (QED) is 0.926. The SMILES string of the molecule is Cc1ccc(C(N)c2c(Br)cnn2C)c(F)c1. The van der Waals surface area contributed by atoms with Gasteiger partial charge in [0.1, 0.15) is 5.82 Å². The number of nitrogens with two attached hydrogens (primary N) is 1. The lowest BCUT2D eigenvalue weighted by Crippen LogP contribution is -2.18. The first-order valence-corrected chi connectivity index (χ1v) is 5.99. The standard InChI is InChI=1S/C12H13BrFN3/c1-7-3-4-8(10(14)5-7)11(15)12-9(13)6-16-17(12)2/h3-6,11H,15H2,1-2H3. The fraction of sp³-hybridized carbons (Fsp3) is 0.250. The number of hydrogen-bond acceptors (Lipinski definition) is 2. The van der Waals surface area contributed by atoms with Crippen LogP contribution in [0.4, 0.5) is 4.39 Å². The summed E-state index contributed by atoms with van der Waals surface area (Å²) >= 11 is 3.37. The van der Waals surface area contributed by atoms with Crippen molar-refractivity contribution >= 4 is 15.9 Å². The predicted molar refractivity (Wildman–Crippen MR) is 68.1 cm³/mol. The molecular weight excluding hydrogens is 285 g/mol. The lowest BCUT2D eigenvalue weighted by molar-refractivity contribution is 0.585. The van der Waals surface area contributed by atoms with Crippen molar-refractivity contribution in [2.45, 2.75) is 13.0 Å².